The summed E-state index contributed by atoms with van der Waals surface area (Å²) in [6, 6.07) is 14.3. The summed E-state index contributed by atoms with van der Waals surface area (Å²) in [5.74, 6) is 0.702. The van der Waals surface area contributed by atoms with Crippen LogP contribution in [0.3, 0.4) is 0 Å². The molecule has 3 rings (SSSR count). The van der Waals surface area contributed by atoms with Gasteiger partial charge in [-0.1, -0.05) is 79.3 Å². The van der Waals surface area contributed by atoms with Gasteiger partial charge in [-0.3, -0.25) is 0 Å². The van der Waals surface area contributed by atoms with E-state index in [0.717, 1.165) is 19.4 Å². The maximum absolute atomic E-state index is 2.56. The summed E-state index contributed by atoms with van der Waals surface area (Å²) in [6.45, 7) is 19.7. The fourth-order valence-electron chi connectivity index (χ4n) is 3.76. The number of rotatable bonds is 7. The quantitative estimate of drug-likeness (QED) is 0.450. The van der Waals surface area contributed by atoms with E-state index in [4.69, 9.17) is 0 Å². The smallest absolute Gasteiger partial charge is 0.0553 e. The van der Waals surface area contributed by atoms with Crippen molar-refractivity contribution in [2.75, 3.05) is 11.4 Å². The van der Waals surface area contributed by atoms with E-state index in [0.29, 0.717) is 5.92 Å². The second-order valence-electron chi connectivity index (χ2n) is 10.3. The standard InChI is InChI=1S/C27H39NS/c1-9-26(5,6)20-11-13-22-24(17-20)29-25-18-21(27(7,8)10-2)12-14-23(25)28(22)16-15-19(3)4/h11-14,17-19H,9-10,15-16H2,1-8H3. The summed E-state index contributed by atoms with van der Waals surface area (Å²) >= 11 is 1.96. The Labute approximate surface area is 183 Å². The number of anilines is 2. The zero-order chi connectivity index (χ0) is 21.4. The summed E-state index contributed by atoms with van der Waals surface area (Å²) in [5.41, 5.74) is 6.07. The molecule has 2 aromatic rings. The molecule has 0 amide bonds. The Balaban J connectivity index is 2.08. The average molecular weight is 410 g/mol. The highest BCUT2D eigenvalue weighted by Gasteiger charge is 2.28. The van der Waals surface area contributed by atoms with Gasteiger partial charge in [0.1, 0.15) is 0 Å². The molecule has 0 spiro atoms. The second kappa shape index (κ2) is 8.38. The van der Waals surface area contributed by atoms with Gasteiger partial charge in [0.25, 0.3) is 0 Å². The number of hydrogen-bond acceptors (Lipinski definition) is 2. The second-order valence-corrected chi connectivity index (χ2v) is 11.4. The van der Waals surface area contributed by atoms with E-state index in [1.165, 1.54) is 38.7 Å². The van der Waals surface area contributed by atoms with Crippen molar-refractivity contribution in [2.24, 2.45) is 5.92 Å². The summed E-state index contributed by atoms with van der Waals surface area (Å²) < 4.78 is 0. The highest BCUT2D eigenvalue weighted by Crippen LogP contribution is 2.50. The van der Waals surface area contributed by atoms with Gasteiger partial charge in [-0.25, -0.2) is 0 Å². The fraction of sp³-hybridized carbons (Fsp3) is 0.556. The molecule has 1 aliphatic heterocycles. The van der Waals surface area contributed by atoms with Crippen molar-refractivity contribution >= 4 is 23.1 Å². The average Bonchev–Trinajstić information content (AvgIpc) is 2.69. The molecule has 0 aliphatic carbocycles. The van der Waals surface area contributed by atoms with Gasteiger partial charge in [0.15, 0.2) is 0 Å². The van der Waals surface area contributed by atoms with Crippen LogP contribution in [-0.2, 0) is 10.8 Å². The minimum absolute atomic E-state index is 0.213. The molecule has 0 saturated carbocycles. The topological polar surface area (TPSA) is 3.24 Å². The molecule has 0 bridgehead atoms. The molecule has 1 nitrogen and oxygen atoms in total. The first-order chi connectivity index (χ1) is 13.6. The first-order valence-electron chi connectivity index (χ1n) is 11.3. The van der Waals surface area contributed by atoms with Gasteiger partial charge in [0.2, 0.25) is 0 Å². The maximum atomic E-state index is 2.56. The number of nitrogens with zero attached hydrogens (tertiary/aromatic N) is 1. The Bertz CT molecular complexity index is 797. The Morgan fingerprint density at radius 3 is 1.62 bits per heavy atom. The molecule has 0 radical (unpaired) electrons. The van der Waals surface area contributed by atoms with Crippen LogP contribution < -0.4 is 4.90 Å². The molecule has 0 unspecified atom stereocenters. The number of fused-ring (bicyclic) bond motifs is 2. The van der Waals surface area contributed by atoms with E-state index >= 15 is 0 Å². The van der Waals surface area contributed by atoms with Crippen molar-refractivity contribution in [3.63, 3.8) is 0 Å². The largest absolute Gasteiger partial charge is 0.340 e. The Hall–Kier alpha value is -1.41. The van der Waals surface area contributed by atoms with Gasteiger partial charge >= 0.3 is 0 Å². The van der Waals surface area contributed by atoms with E-state index in [9.17, 15) is 0 Å². The molecule has 1 heterocycles. The zero-order valence-corrected chi connectivity index (χ0v) is 20.5. The first-order valence-corrected chi connectivity index (χ1v) is 12.1. The highest BCUT2D eigenvalue weighted by molar-refractivity contribution is 7.99. The molecule has 0 saturated heterocycles. The normalized spacial score (nSPS) is 14.2. The SMILES string of the molecule is CCC(C)(C)c1ccc2c(c1)Sc1cc(C(C)(C)CC)ccc1N2CCC(C)C. The Morgan fingerprint density at radius 1 is 0.793 bits per heavy atom. The number of hydrogen-bond donors (Lipinski definition) is 0. The van der Waals surface area contributed by atoms with E-state index in [1.807, 2.05) is 11.8 Å². The molecule has 0 N–H and O–H groups in total. The van der Waals surface area contributed by atoms with Crippen molar-refractivity contribution in [1.29, 1.82) is 0 Å². The predicted octanol–water partition coefficient (Wildman–Crippen LogP) is 8.71. The highest BCUT2D eigenvalue weighted by atomic mass is 32.2. The van der Waals surface area contributed by atoms with E-state index in [2.05, 4.69) is 96.7 Å². The lowest BCUT2D eigenvalue weighted by Gasteiger charge is -2.36. The molecule has 29 heavy (non-hydrogen) atoms. The van der Waals surface area contributed by atoms with Crippen LogP contribution in [0.15, 0.2) is 46.2 Å². The van der Waals surface area contributed by atoms with Crippen molar-refractivity contribution in [1.82, 2.24) is 0 Å². The van der Waals surface area contributed by atoms with Crippen molar-refractivity contribution in [2.45, 2.75) is 95.3 Å². The van der Waals surface area contributed by atoms with Gasteiger partial charge in [-0.2, -0.15) is 0 Å². The summed E-state index contributed by atoms with van der Waals surface area (Å²) in [4.78, 5) is 5.38. The van der Waals surface area contributed by atoms with E-state index in [1.54, 1.807) is 0 Å². The minimum atomic E-state index is 0.213. The maximum Gasteiger partial charge on any atom is 0.0553 e. The van der Waals surface area contributed by atoms with Gasteiger partial charge in [0, 0.05) is 16.3 Å². The molecule has 0 aromatic heterocycles. The van der Waals surface area contributed by atoms with Gasteiger partial charge in [-0.15, -0.1) is 0 Å². The van der Waals surface area contributed by atoms with Crippen LogP contribution in [0.5, 0.6) is 0 Å². The lowest BCUT2D eigenvalue weighted by molar-refractivity contribution is 0.504. The molecule has 0 fully saturated rings. The molecular formula is C27H39NS. The van der Waals surface area contributed by atoms with Gasteiger partial charge in [-0.05, 0) is 71.4 Å². The van der Waals surface area contributed by atoms with Crippen LogP contribution in [0, 0.1) is 5.92 Å². The minimum Gasteiger partial charge on any atom is -0.340 e. The Morgan fingerprint density at radius 2 is 1.24 bits per heavy atom. The third kappa shape index (κ3) is 4.53. The Kier molecular flexibility index (Phi) is 6.44. The summed E-state index contributed by atoms with van der Waals surface area (Å²) in [6.07, 6.45) is 3.51. The monoisotopic (exact) mass is 409 g/mol. The van der Waals surface area contributed by atoms with Crippen LogP contribution in [0.2, 0.25) is 0 Å². The lowest BCUT2D eigenvalue weighted by Crippen LogP contribution is -2.24. The predicted molar refractivity (Wildman–Crippen MR) is 130 cm³/mol. The van der Waals surface area contributed by atoms with Crippen LogP contribution in [0.25, 0.3) is 0 Å². The van der Waals surface area contributed by atoms with Crippen LogP contribution >= 0.6 is 11.8 Å². The van der Waals surface area contributed by atoms with Gasteiger partial charge in [0.05, 0.1) is 11.4 Å². The molecule has 2 heteroatoms. The first kappa shape index (κ1) is 22.3. The summed E-state index contributed by atoms with van der Waals surface area (Å²) in [5, 5.41) is 0. The van der Waals surface area contributed by atoms with Crippen molar-refractivity contribution in [3.05, 3.63) is 47.5 Å². The van der Waals surface area contributed by atoms with Crippen LogP contribution in [-0.4, -0.2) is 6.54 Å². The third-order valence-electron chi connectivity index (χ3n) is 6.98. The molecule has 2 aromatic carbocycles. The van der Waals surface area contributed by atoms with Crippen LogP contribution in [0.1, 0.15) is 85.8 Å². The lowest BCUT2D eigenvalue weighted by atomic mass is 9.82. The number of benzene rings is 2. The molecule has 0 atom stereocenters. The van der Waals surface area contributed by atoms with E-state index < -0.39 is 0 Å². The van der Waals surface area contributed by atoms with E-state index in [-0.39, 0.29) is 10.8 Å². The third-order valence-corrected chi connectivity index (χ3v) is 8.08. The molecular weight excluding hydrogens is 370 g/mol. The summed E-state index contributed by atoms with van der Waals surface area (Å²) in [7, 11) is 0. The van der Waals surface area contributed by atoms with Crippen molar-refractivity contribution < 1.29 is 0 Å². The zero-order valence-electron chi connectivity index (χ0n) is 19.7. The van der Waals surface area contributed by atoms with Gasteiger partial charge < -0.3 is 4.90 Å². The van der Waals surface area contributed by atoms with Crippen LogP contribution in [0.4, 0.5) is 11.4 Å². The van der Waals surface area contributed by atoms with Crippen molar-refractivity contribution in [3.8, 4) is 0 Å². The molecule has 158 valence electrons. The fourth-order valence-corrected chi connectivity index (χ4v) is 4.94. The molecule has 1 aliphatic rings.